The lowest BCUT2D eigenvalue weighted by molar-refractivity contribution is -0.120. The van der Waals surface area contributed by atoms with Crippen LogP contribution in [0.1, 0.15) is 32.1 Å². The van der Waals surface area contributed by atoms with Crippen molar-refractivity contribution < 1.29 is 9.18 Å². The summed E-state index contributed by atoms with van der Waals surface area (Å²) >= 11 is 1.14. The Balaban J connectivity index is 1.22. The zero-order valence-electron chi connectivity index (χ0n) is 21.1. The van der Waals surface area contributed by atoms with Crippen LogP contribution >= 0.6 is 11.3 Å². The van der Waals surface area contributed by atoms with Crippen LogP contribution < -0.4 is 5.32 Å². The molecule has 4 aromatic heterocycles. The van der Waals surface area contributed by atoms with E-state index in [0.717, 1.165) is 91.8 Å². The number of aromatic nitrogens is 4. The van der Waals surface area contributed by atoms with Crippen LogP contribution in [0.5, 0.6) is 0 Å². The molecular formula is C31H26FN5OS. The zero-order valence-corrected chi connectivity index (χ0v) is 21.9. The summed E-state index contributed by atoms with van der Waals surface area (Å²) in [5.74, 6) is 0.174. The van der Waals surface area contributed by atoms with Crippen LogP contribution in [0.3, 0.4) is 0 Å². The Morgan fingerprint density at radius 3 is 2.67 bits per heavy atom. The SMILES string of the molecule is O=C(Nc1cncc(-c2ccc3[nH]nc(-c4cc5c(-c6ccc(F)s6)cccc5[nH]4)c3c2)c1)C1CCCCC1. The first kappa shape index (κ1) is 23.8. The molecule has 0 aliphatic heterocycles. The molecule has 1 fully saturated rings. The van der Waals surface area contributed by atoms with E-state index in [9.17, 15) is 9.18 Å². The second-order valence-electron chi connectivity index (χ2n) is 10.2. The van der Waals surface area contributed by atoms with Gasteiger partial charge in [0.15, 0.2) is 5.13 Å². The quantitative estimate of drug-likeness (QED) is 0.208. The van der Waals surface area contributed by atoms with Gasteiger partial charge < -0.3 is 10.3 Å². The first-order valence-corrected chi connectivity index (χ1v) is 14.1. The molecule has 6 aromatic rings. The number of carbonyl (C=O) groups is 1. The number of amides is 1. The molecule has 2 aromatic carbocycles. The molecule has 0 bridgehead atoms. The summed E-state index contributed by atoms with van der Waals surface area (Å²) in [6, 6.07) is 19.5. The molecule has 4 heterocycles. The maximum absolute atomic E-state index is 13.7. The number of aromatic amines is 2. The molecule has 3 N–H and O–H groups in total. The topological polar surface area (TPSA) is 86.5 Å². The molecule has 0 saturated heterocycles. The fourth-order valence-electron chi connectivity index (χ4n) is 5.63. The number of pyridine rings is 1. The minimum Gasteiger partial charge on any atom is -0.353 e. The number of nitrogens with zero attached hydrogens (tertiary/aromatic N) is 2. The van der Waals surface area contributed by atoms with Crippen LogP contribution in [0.25, 0.3) is 54.8 Å². The number of benzene rings is 2. The largest absolute Gasteiger partial charge is 0.353 e. The summed E-state index contributed by atoms with van der Waals surface area (Å²) in [7, 11) is 0. The highest BCUT2D eigenvalue weighted by atomic mass is 32.1. The van der Waals surface area contributed by atoms with Crippen molar-refractivity contribution in [2.45, 2.75) is 32.1 Å². The number of nitrogens with one attached hydrogen (secondary N) is 3. The molecule has 1 aliphatic rings. The number of hydrogen-bond acceptors (Lipinski definition) is 4. The van der Waals surface area contributed by atoms with Crippen molar-refractivity contribution in [2.75, 3.05) is 5.32 Å². The molecule has 194 valence electrons. The minimum absolute atomic E-state index is 0.0860. The number of rotatable bonds is 5. The summed E-state index contributed by atoms with van der Waals surface area (Å²) < 4.78 is 13.7. The van der Waals surface area contributed by atoms with Crippen molar-refractivity contribution in [3.8, 4) is 33.0 Å². The summed E-state index contributed by atoms with van der Waals surface area (Å²) in [6.07, 6.45) is 8.88. The lowest BCUT2D eigenvalue weighted by Crippen LogP contribution is -2.24. The summed E-state index contributed by atoms with van der Waals surface area (Å²) in [6.45, 7) is 0. The minimum atomic E-state index is -0.198. The number of anilines is 1. The van der Waals surface area contributed by atoms with Gasteiger partial charge >= 0.3 is 0 Å². The Morgan fingerprint density at radius 2 is 1.82 bits per heavy atom. The molecule has 6 nitrogen and oxygen atoms in total. The standard InChI is InChI=1S/C31H26FN5OS/c32-29-12-11-28(39-29)22-7-4-8-25-23(22)15-27(35-25)30-24-14-19(9-10-26(24)36-37-30)20-13-21(17-33-16-20)34-31(38)18-5-2-1-3-6-18/h4,7-18,35H,1-3,5-6H2,(H,34,38)(H,36,37). The normalized spacial score (nSPS) is 14.3. The third kappa shape index (κ3) is 4.51. The second kappa shape index (κ2) is 9.78. The van der Waals surface area contributed by atoms with Gasteiger partial charge in [0.05, 0.1) is 23.1 Å². The first-order valence-electron chi connectivity index (χ1n) is 13.2. The number of H-pyrrole nitrogens is 2. The van der Waals surface area contributed by atoms with Crippen LogP contribution in [-0.4, -0.2) is 26.1 Å². The maximum Gasteiger partial charge on any atom is 0.227 e. The molecule has 0 radical (unpaired) electrons. The molecular weight excluding hydrogens is 509 g/mol. The lowest BCUT2D eigenvalue weighted by atomic mass is 9.88. The van der Waals surface area contributed by atoms with Crippen LogP contribution in [0.4, 0.5) is 10.1 Å². The van der Waals surface area contributed by atoms with Gasteiger partial charge in [-0.05, 0) is 60.9 Å². The smallest absolute Gasteiger partial charge is 0.227 e. The predicted molar refractivity (Wildman–Crippen MR) is 155 cm³/mol. The molecule has 1 saturated carbocycles. The fourth-order valence-corrected chi connectivity index (χ4v) is 6.40. The Morgan fingerprint density at radius 1 is 0.923 bits per heavy atom. The van der Waals surface area contributed by atoms with Gasteiger partial charge in [0.2, 0.25) is 5.91 Å². The number of carbonyl (C=O) groups excluding carboxylic acids is 1. The molecule has 0 spiro atoms. The Hall–Kier alpha value is -4.30. The van der Waals surface area contributed by atoms with E-state index >= 15 is 0 Å². The van der Waals surface area contributed by atoms with Gasteiger partial charge in [-0.3, -0.25) is 14.9 Å². The van der Waals surface area contributed by atoms with Gasteiger partial charge in [-0.15, -0.1) is 11.3 Å². The number of halogens is 1. The van der Waals surface area contributed by atoms with Gasteiger partial charge in [0.25, 0.3) is 0 Å². The molecule has 7 rings (SSSR count). The van der Waals surface area contributed by atoms with E-state index in [2.05, 4.69) is 37.6 Å². The molecule has 39 heavy (non-hydrogen) atoms. The molecule has 1 aliphatic carbocycles. The van der Waals surface area contributed by atoms with Crippen molar-refractivity contribution in [2.24, 2.45) is 5.92 Å². The van der Waals surface area contributed by atoms with Crippen molar-refractivity contribution in [1.82, 2.24) is 20.2 Å². The lowest BCUT2D eigenvalue weighted by Gasteiger charge is -2.20. The van der Waals surface area contributed by atoms with Crippen LogP contribution in [0.2, 0.25) is 0 Å². The van der Waals surface area contributed by atoms with E-state index in [4.69, 9.17) is 0 Å². The van der Waals surface area contributed by atoms with E-state index in [0.29, 0.717) is 5.69 Å². The highest BCUT2D eigenvalue weighted by molar-refractivity contribution is 7.14. The van der Waals surface area contributed by atoms with Crippen molar-refractivity contribution in [1.29, 1.82) is 0 Å². The summed E-state index contributed by atoms with van der Waals surface area (Å²) in [5, 5.41) is 12.6. The summed E-state index contributed by atoms with van der Waals surface area (Å²) in [4.78, 5) is 21.6. The van der Waals surface area contributed by atoms with Crippen LogP contribution in [-0.2, 0) is 4.79 Å². The predicted octanol–water partition coefficient (Wildman–Crippen LogP) is 8.16. The van der Waals surface area contributed by atoms with Crippen molar-refractivity contribution >= 4 is 44.7 Å². The molecule has 1 amide bonds. The summed E-state index contributed by atoms with van der Waals surface area (Å²) in [5.41, 5.74) is 7.18. The Kier molecular flexibility index (Phi) is 5.97. The molecule has 8 heteroatoms. The van der Waals surface area contributed by atoms with Gasteiger partial charge in [-0.1, -0.05) is 37.5 Å². The van der Waals surface area contributed by atoms with E-state index in [1.807, 2.05) is 48.7 Å². The van der Waals surface area contributed by atoms with Crippen molar-refractivity contribution in [3.05, 3.63) is 78.2 Å². The zero-order chi connectivity index (χ0) is 26.3. The third-order valence-corrected chi connectivity index (χ3v) is 8.54. The number of thiophene rings is 1. The van der Waals surface area contributed by atoms with E-state index in [1.165, 1.54) is 12.5 Å². The fraction of sp³-hybridized carbons (Fsp3) is 0.194. The maximum atomic E-state index is 13.7. The molecule has 0 atom stereocenters. The first-order chi connectivity index (χ1) is 19.1. The average Bonchev–Trinajstić information content (AvgIpc) is 3.71. The number of hydrogen-bond donors (Lipinski definition) is 3. The van der Waals surface area contributed by atoms with E-state index in [-0.39, 0.29) is 17.0 Å². The Labute approximate surface area is 228 Å². The van der Waals surface area contributed by atoms with Crippen molar-refractivity contribution in [3.63, 3.8) is 0 Å². The van der Waals surface area contributed by atoms with Gasteiger partial charge in [0, 0.05) is 44.4 Å². The van der Waals surface area contributed by atoms with Gasteiger partial charge in [-0.25, -0.2) is 0 Å². The Bertz CT molecular complexity index is 1830. The van der Waals surface area contributed by atoms with Gasteiger partial charge in [-0.2, -0.15) is 9.49 Å². The van der Waals surface area contributed by atoms with Crippen LogP contribution in [0.15, 0.2) is 73.1 Å². The van der Waals surface area contributed by atoms with Gasteiger partial charge in [0.1, 0.15) is 5.69 Å². The third-order valence-electron chi connectivity index (χ3n) is 7.64. The van der Waals surface area contributed by atoms with Crippen LogP contribution in [0, 0.1) is 11.0 Å². The van der Waals surface area contributed by atoms with E-state index in [1.54, 1.807) is 6.20 Å². The number of fused-ring (bicyclic) bond motifs is 2. The monoisotopic (exact) mass is 535 g/mol. The van der Waals surface area contributed by atoms with E-state index < -0.39 is 0 Å². The highest BCUT2D eigenvalue weighted by Crippen LogP contribution is 2.37. The average molecular weight is 536 g/mol. The second-order valence-corrected chi connectivity index (χ2v) is 11.2. The highest BCUT2D eigenvalue weighted by Gasteiger charge is 2.21. The molecule has 0 unspecified atom stereocenters.